The van der Waals surface area contributed by atoms with Crippen LogP contribution in [0.4, 0.5) is 0 Å². The lowest BCUT2D eigenvalue weighted by Crippen LogP contribution is -2.67. The molecule has 0 aromatic carbocycles. The van der Waals surface area contributed by atoms with Gasteiger partial charge < -0.3 is 168 Å². The average Bonchev–Trinajstić information content (AvgIpc) is 3.40. The number of aliphatic carboxylic acids is 1. The minimum Gasteiger partial charge on any atom is -0.790 e. The first-order valence-electron chi connectivity index (χ1n) is 24.3. The molecular weight excluding hydrogens is 1080 g/mol. The van der Waals surface area contributed by atoms with Crippen molar-refractivity contribution in [2.75, 3.05) is 39.6 Å². The van der Waals surface area contributed by atoms with Crippen LogP contribution in [0.3, 0.4) is 0 Å². The summed E-state index contributed by atoms with van der Waals surface area (Å²) in [5.74, 6) is -1.24. The Morgan fingerprint density at radius 2 is 0.805 bits per heavy atom. The molecule has 6 aliphatic heterocycles. The molecule has 77 heavy (non-hydrogen) atoms. The highest BCUT2D eigenvalue weighted by Crippen LogP contribution is 2.36. The molecule has 6 saturated heterocycles. The zero-order chi connectivity index (χ0) is 57.0. The molecule has 0 spiro atoms. The van der Waals surface area contributed by atoms with Gasteiger partial charge in [-0.15, -0.1) is 0 Å². The molecule has 0 radical (unpaired) electrons. The molecule has 0 bridgehead atoms. The van der Waals surface area contributed by atoms with Gasteiger partial charge in [-0.3, -0.25) is 4.79 Å². The van der Waals surface area contributed by atoms with Gasteiger partial charge in [0, 0.05) is 6.42 Å². The Morgan fingerprint density at radius 1 is 0.429 bits per heavy atom. The number of carbonyl (C=O) groups is 1. The van der Waals surface area contributed by atoms with Crippen molar-refractivity contribution in [3.05, 3.63) is 0 Å². The summed E-state index contributed by atoms with van der Waals surface area (Å²) in [6.45, 7) is -3.77. The fraction of sp³-hybridized carbons (Fsp3) is 0.976. The molecule has 12 unspecified atom stereocenters. The first kappa shape index (κ1) is 64.6. The number of carboxylic acid groups (broad SMARTS) is 1. The van der Waals surface area contributed by atoms with Crippen molar-refractivity contribution in [3.63, 3.8) is 0 Å². The maximum Gasteiger partial charge on any atom is 0.303 e. The van der Waals surface area contributed by atoms with Gasteiger partial charge in [0.2, 0.25) is 0 Å². The van der Waals surface area contributed by atoms with E-state index < -0.39 is 244 Å². The van der Waals surface area contributed by atoms with E-state index in [1.807, 2.05) is 0 Å². The van der Waals surface area contributed by atoms with E-state index in [1.54, 1.807) is 6.92 Å². The molecule has 0 amide bonds. The van der Waals surface area contributed by atoms with Gasteiger partial charge in [-0.2, -0.15) is 0 Å². The fourth-order valence-corrected chi connectivity index (χ4v) is 9.47. The number of aliphatic hydroxyl groups excluding tert-OH is 17. The number of hydrogen-bond acceptors (Lipinski definition) is 34. The molecule has 6 rings (SSSR count). The molecule has 36 heteroatoms. The van der Waals surface area contributed by atoms with Gasteiger partial charge in [-0.25, -0.2) is 0 Å². The standard InChI is InChI=1S/C41H71O35P/c1-2-11-18(46)24(52)30(58)38(68-11)75-34-27(55)19(47)12(6-42)69-40(34)66-8-14-21(49)25(53)29(57)36(71-14)65-9-15-23(51)33(32(60)37(72-15)64-5-3-4-17(44)45)74-41-35(28(56)20(48)13(7-43)70-41)76-39-31(59)26(54)22(50)16(73-39)10-67-77(61,62)63/h11-16,18-43,46-60H,2-10H2,1H3,(H,44,45)(H2,61,62,63)/p-2/t11?,12?,13?,14?,15?,16?,18-,19-,20-,21-,22-,23-,24-,25-,26-,27-,28-,29?,30?,31?,32?,33-,34?,35?,36+,37+,38-,39-,40+,41-/m0/s1. The molecule has 30 atom stereocenters. The zero-order valence-electron chi connectivity index (χ0n) is 40.6. The van der Waals surface area contributed by atoms with Crippen LogP contribution in [-0.2, 0) is 70.7 Å². The molecule has 0 aromatic heterocycles. The number of rotatable bonds is 23. The Kier molecular flexibility index (Phi) is 23.6. The maximum atomic E-state index is 11.7. The van der Waals surface area contributed by atoms with Gasteiger partial charge in [0.15, 0.2) is 37.7 Å². The highest BCUT2D eigenvalue weighted by atomic mass is 31.2. The highest BCUT2D eigenvalue weighted by Gasteiger charge is 2.56. The van der Waals surface area contributed by atoms with Crippen molar-refractivity contribution in [3.8, 4) is 0 Å². The molecule has 0 aromatic rings. The lowest BCUT2D eigenvalue weighted by atomic mass is 9.96. The third-order valence-electron chi connectivity index (χ3n) is 13.6. The average molecular weight is 1150 g/mol. The van der Waals surface area contributed by atoms with Crippen LogP contribution in [0.1, 0.15) is 26.2 Å². The van der Waals surface area contributed by atoms with E-state index in [1.165, 1.54) is 0 Å². The van der Waals surface area contributed by atoms with Crippen molar-refractivity contribution in [1.29, 1.82) is 0 Å². The second kappa shape index (κ2) is 28.1. The molecule has 0 aliphatic carbocycles. The minimum atomic E-state index is -5.70. The zero-order valence-corrected chi connectivity index (χ0v) is 41.5. The van der Waals surface area contributed by atoms with Crippen LogP contribution in [0.25, 0.3) is 0 Å². The quantitative estimate of drug-likeness (QED) is 0.0334. The van der Waals surface area contributed by atoms with Gasteiger partial charge in [0.25, 0.3) is 0 Å². The summed E-state index contributed by atoms with van der Waals surface area (Å²) in [6.07, 6.45) is -58.5. The molecule has 450 valence electrons. The topological polar surface area (TPSA) is 564 Å². The predicted molar refractivity (Wildman–Crippen MR) is 229 cm³/mol. The maximum absolute atomic E-state index is 11.7. The summed E-state index contributed by atoms with van der Waals surface area (Å²) < 4.78 is 83.2. The first-order valence-corrected chi connectivity index (χ1v) is 25.7. The summed E-state index contributed by atoms with van der Waals surface area (Å²) in [5.41, 5.74) is 0. The van der Waals surface area contributed by atoms with Crippen molar-refractivity contribution < 1.29 is 172 Å². The van der Waals surface area contributed by atoms with Crippen LogP contribution in [0.15, 0.2) is 0 Å². The number of phosphoric ester groups is 1. The van der Waals surface area contributed by atoms with Crippen molar-refractivity contribution in [2.45, 2.75) is 210 Å². The Morgan fingerprint density at radius 3 is 1.30 bits per heavy atom. The lowest BCUT2D eigenvalue weighted by molar-refractivity contribution is -0.392. The summed E-state index contributed by atoms with van der Waals surface area (Å²) in [4.78, 5) is 33.5. The Hall–Kier alpha value is -1.58. The molecule has 6 fully saturated rings. The molecule has 0 saturated carbocycles. The van der Waals surface area contributed by atoms with Crippen LogP contribution in [-0.4, -0.2) is 322 Å². The van der Waals surface area contributed by atoms with Gasteiger partial charge >= 0.3 is 5.97 Å². The van der Waals surface area contributed by atoms with Crippen LogP contribution in [0.5, 0.6) is 0 Å². The summed E-state index contributed by atoms with van der Waals surface area (Å²) in [5, 5.41) is 192. The van der Waals surface area contributed by atoms with Crippen molar-refractivity contribution >= 4 is 13.8 Å². The number of phosphoric acid groups is 1. The number of ether oxygens (including phenoxy) is 12. The SMILES string of the molecule is CCC1O[C@@H](OC2[C@H](OCC3O[C@@H](OCC4O[C@@H](OCCCC(=O)O)C(O)[C@@H](O[C@@H]5OC(CO)[C@H](O)[C@H](O)C5O[C@@H]5OC(COP(=O)([O-])[O-])[C@H](O)[C@H](O)C5O)[C@H]4O)C(O)[C@@H](O)[C@H]3O)OC(CO)[C@H](O)[C@@H]2O)C(O)[C@@H](O)[C@H]1O. The van der Waals surface area contributed by atoms with Crippen LogP contribution in [0, 0.1) is 0 Å². The van der Waals surface area contributed by atoms with E-state index in [0.29, 0.717) is 0 Å². The second-order valence-electron chi connectivity index (χ2n) is 19.0. The Bertz CT molecular complexity index is 1860. The van der Waals surface area contributed by atoms with Crippen molar-refractivity contribution in [2.24, 2.45) is 0 Å². The second-order valence-corrected chi connectivity index (χ2v) is 20.1. The summed E-state index contributed by atoms with van der Waals surface area (Å²) in [6, 6.07) is 0. The van der Waals surface area contributed by atoms with E-state index in [9.17, 15) is 106 Å². The third kappa shape index (κ3) is 15.4. The Labute approximate surface area is 435 Å². The molecule has 18 N–H and O–H groups in total. The van der Waals surface area contributed by atoms with Crippen LogP contribution < -0.4 is 9.79 Å². The molecule has 6 aliphatic rings. The minimum absolute atomic E-state index is 0.117. The monoisotopic (exact) mass is 1150 g/mol. The molecule has 35 nitrogen and oxygen atoms in total. The lowest BCUT2D eigenvalue weighted by Gasteiger charge is -2.49. The number of aliphatic hydroxyl groups is 17. The predicted octanol–water partition coefficient (Wildman–Crippen LogP) is -12.9. The van der Waals surface area contributed by atoms with Gasteiger partial charge in [0.1, 0.15) is 140 Å². The largest absolute Gasteiger partial charge is 0.790 e. The summed E-state index contributed by atoms with van der Waals surface area (Å²) >= 11 is 0. The number of hydrogen-bond donors (Lipinski definition) is 18. The van der Waals surface area contributed by atoms with Crippen LogP contribution >= 0.6 is 7.82 Å². The van der Waals surface area contributed by atoms with E-state index in [-0.39, 0.29) is 12.8 Å². The Balaban J connectivity index is 1.19. The van der Waals surface area contributed by atoms with Gasteiger partial charge in [-0.1, -0.05) is 6.92 Å². The summed E-state index contributed by atoms with van der Waals surface area (Å²) in [7, 11) is -5.70. The highest BCUT2D eigenvalue weighted by molar-refractivity contribution is 7.43. The molecule has 6 heterocycles. The molecular formula is C41H69O35P-2. The van der Waals surface area contributed by atoms with Gasteiger partial charge in [-0.05, 0) is 12.8 Å². The third-order valence-corrected chi connectivity index (χ3v) is 14.1. The van der Waals surface area contributed by atoms with E-state index in [2.05, 4.69) is 4.52 Å². The number of carboxylic acids is 1. The fourth-order valence-electron chi connectivity index (χ4n) is 9.14. The first-order chi connectivity index (χ1) is 36.2. The normalized spacial score (nSPS) is 48.2. The van der Waals surface area contributed by atoms with E-state index in [0.717, 1.165) is 0 Å². The van der Waals surface area contributed by atoms with Crippen molar-refractivity contribution in [1.82, 2.24) is 0 Å². The van der Waals surface area contributed by atoms with Crippen LogP contribution in [0.2, 0.25) is 0 Å². The van der Waals surface area contributed by atoms with Gasteiger partial charge in [0.05, 0.1) is 53.6 Å². The smallest absolute Gasteiger partial charge is 0.303 e. The van der Waals surface area contributed by atoms with E-state index >= 15 is 0 Å². The van der Waals surface area contributed by atoms with E-state index in [4.69, 9.17) is 61.9 Å².